The Labute approximate surface area is 114 Å². The molecule has 0 radical (unpaired) electrons. The van der Waals surface area contributed by atoms with Crippen LogP contribution in [0.2, 0.25) is 5.15 Å². The summed E-state index contributed by atoms with van der Waals surface area (Å²) in [6.45, 7) is 3.99. The fourth-order valence-corrected chi connectivity index (χ4v) is 3.17. The van der Waals surface area contributed by atoms with Crippen molar-refractivity contribution in [2.45, 2.75) is 50.5 Å². The van der Waals surface area contributed by atoms with Gasteiger partial charge in [-0.15, -0.1) is 0 Å². The summed E-state index contributed by atoms with van der Waals surface area (Å²) < 4.78 is 26.7. The van der Waals surface area contributed by atoms with Gasteiger partial charge in [-0.2, -0.15) is 0 Å². The maximum Gasteiger partial charge on any atom is 0.240 e. The molecule has 1 rings (SSSR count). The number of rotatable bonds is 7. The minimum absolute atomic E-state index is 0.0755. The quantitative estimate of drug-likeness (QED) is 0.620. The molecule has 0 fully saturated rings. The summed E-state index contributed by atoms with van der Waals surface area (Å²) in [5.41, 5.74) is 0. The summed E-state index contributed by atoms with van der Waals surface area (Å²) in [5, 5.41) is 0.177. The third-order valence-corrected chi connectivity index (χ3v) is 4.40. The summed E-state index contributed by atoms with van der Waals surface area (Å²) in [6.07, 6.45) is 5.49. The van der Waals surface area contributed by atoms with E-state index in [2.05, 4.69) is 16.6 Å². The molecule has 1 N–H and O–H groups in total. The van der Waals surface area contributed by atoms with Gasteiger partial charge in [-0.05, 0) is 25.5 Å². The first kappa shape index (κ1) is 15.4. The van der Waals surface area contributed by atoms with Gasteiger partial charge < -0.3 is 0 Å². The third-order valence-electron chi connectivity index (χ3n) is 2.61. The van der Waals surface area contributed by atoms with E-state index in [1.165, 1.54) is 18.3 Å². The van der Waals surface area contributed by atoms with E-state index < -0.39 is 10.0 Å². The Balaban J connectivity index is 2.64. The summed E-state index contributed by atoms with van der Waals surface area (Å²) in [7, 11) is -3.49. The normalized spacial score (nSPS) is 13.5. The summed E-state index contributed by atoms with van der Waals surface area (Å²) in [6, 6.07) is 2.71. The smallest absolute Gasteiger partial charge is 0.240 e. The van der Waals surface area contributed by atoms with Crippen molar-refractivity contribution in [1.82, 2.24) is 9.71 Å². The SMILES string of the molecule is CCCCCC(C)NS(=O)(=O)c1ccnc(Cl)c1. The maximum atomic E-state index is 12.0. The van der Waals surface area contributed by atoms with Crippen LogP contribution >= 0.6 is 11.6 Å². The topological polar surface area (TPSA) is 59.1 Å². The maximum absolute atomic E-state index is 12.0. The zero-order valence-corrected chi connectivity index (χ0v) is 12.3. The highest BCUT2D eigenvalue weighted by molar-refractivity contribution is 7.89. The first-order valence-electron chi connectivity index (χ1n) is 6.09. The van der Waals surface area contributed by atoms with Gasteiger partial charge in [0.2, 0.25) is 10.0 Å². The van der Waals surface area contributed by atoms with Crippen LogP contribution in [0.5, 0.6) is 0 Å². The Hall–Kier alpha value is -0.650. The Morgan fingerprint density at radius 1 is 1.44 bits per heavy atom. The molecule has 0 spiro atoms. The Kier molecular flexibility index (Phi) is 6.05. The lowest BCUT2D eigenvalue weighted by molar-refractivity contribution is 0.527. The number of aromatic nitrogens is 1. The molecule has 1 atom stereocenters. The predicted octanol–water partition coefficient (Wildman–Crippen LogP) is 2.98. The van der Waals surface area contributed by atoms with Gasteiger partial charge in [0.05, 0.1) is 4.90 Å². The van der Waals surface area contributed by atoms with Gasteiger partial charge in [0.15, 0.2) is 0 Å². The fraction of sp³-hybridized carbons (Fsp3) is 0.583. The molecule has 6 heteroatoms. The van der Waals surface area contributed by atoms with Crippen LogP contribution in [0.3, 0.4) is 0 Å². The van der Waals surface area contributed by atoms with E-state index in [4.69, 9.17) is 11.6 Å². The van der Waals surface area contributed by atoms with Crippen molar-refractivity contribution >= 4 is 21.6 Å². The van der Waals surface area contributed by atoms with E-state index in [9.17, 15) is 8.42 Å². The number of hydrogen-bond donors (Lipinski definition) is 1. The third kappa shape index (κ3) is 4.92. The van der Waals surface area contributed by atoms with E-state index in [1.807, 2.05) is 6.92 Å². The number of pyridine rings is 1. The highest BCUT2D eigenvalue weighted by Crippen LogP contribution is 2.14. The number of hydrogen-bond acceptors (Lipinski definition) is 3. The molecule has 1 aromatic heterocycles. The zero-order chi connectivity index (χ0) is 13.6. The molecule has 0 aliphatic rings. The van der Waals surface area contributed by atoms with Crippen molar-refractivity contribution < 1.29 is 8.42 Å². The van der Waals surface area contributed by atoms with E-state index in [1.54, 1.807) is 0 Å². The predicted molar refractivity (Wildman–Crippen MR) is 73.2 cm³/mol. The average Bonchev–Trinajstić information content (AvgIpc) is 2.28. The van der Waals surface area contributed by atoms with Gasteiger partial charge in [0.25, 0.3) is 0 Å². The molecular formula is C12H19ClN2O2S. The first-order chi connectivity index (χ1) is 8.45. The molecule has 0 saturated heterocycles. The van der Waals surface area contributed by atoms with E-state index in [0.29, 0.717) is 0 Å². The summed E-state index contributed by atoms with van der Waals surface area (Å²) >= 11 is 5.69. The second-order valence-corrected chi connectivity index (χ2v) is 6.43. The molecule has 0 aliphatic heterocycles. The molecule has 1 unspecified atom stereocenters. The van der Waals surface area contributed by atoms with Crippen LogP contribution < -0.4 is 4.72 Å². The molecule has 0 aromatic carbocycles. The highest BCUT2D eigenvalue weighted by atomic mass is 35.5. The van der Waals surface area contributed by atoms with Gasteiger partial charge in [0, 0.05) is 12.2 Å². The molecule has 0 saturated carbocycles. The Morgan fingerprint density at radius 2 is 2.17 bits per heavy atom. The molecule has 18 heavy (non-hydrogen) atoms. The molecule has 102 valence electrons. The lowest BCUT2D eigenvalue weighted by Crippen LogP contribution is -2.32. The molecule has 1 aromatic rings. The van der Waals surface area contributed by atoms with Crippen LogP contribution in [0, 0.1) is 0 Å². The van der Waals surface area contributed by atoms with E-state index >= 15 is 0 Å². The monoisotopic (exact) mass is 290 g/mol. The van der Waals surface area contributed by atoms with Crippen molar-refractivity contribution in [3.8, 4) is 0 Å². The largest absolute Gasteiger partial charge is 0.244 e. The molecule has 4 nitrogen and oxygen atoms in total. The van der Waals surface area contributed by atoms with Gasteiger partial charge in [-0.25, -0.2) is 18.1 Å². The lowest BCUT2D eigenvalue weighted by atomic mass is 10.1. The number of unbranched alkanes of at least 4 members (excludes halogenated alkanes) is 2. The fourth-order valence-electron chi connectivity index (χ4n) is 1.64. The molecular weight excluding hydrogens is 272 g/mol. The number of nitrogens with zero attached hydrogens (tertiary/aromatic N) is 1. The minimum Gasteiger partial charge on any atom is -0.244 e. The van der Waals surface area contributed by atoms with Crippen LogP contribution in [-0.2, 0) is 10.0 Å². The van der Waals surface area contributed by atoms with Crippen molar-refractivity contribution in [2.75, 3.05) is 0 Å². The van der Waals surface area contributed by atoms with Gasteiger partial charge in [0.1, 0.15) is 5.15 Å². The highest BCUT2D eigenvalue weighted by Gasteiger charge is 2.17. The van der Waals surface area contributed by atoms with Gasteiger partial charge in [-0.1, -0.05) is 37.8 Å². The van der Waals surface area contributed by atoms with Crippen LogP contribution in [0.4, 0.5) is 0 Å². The van der Waals surface area contributed by atoms with Crippen LogP contribution in [0.15, 0.2) is 23.2 Å². The van der Waals surface area contributed by atoms with Gasteiger partial charge >= 0.3 is 0 Å². The second kappa shape index (κ2) is 7.07. The van der Waals surface area contributed by atoms with Crippen molar-refractivity contribution in [3.05, 3.63) is 23.5 Å². The number of nitrogens with one attached hydrogen (secondary N) is 1. The molecule has 1 heterocycles. The second-order valence-electron chi connectivity index (χ2n) is 4.33. The molecule has 0 amide bonds. The summed E-state index contributed by atoms with van der Waals surface area (Å²) in [4.78, 5) is 3.92. The number of halogens is 1. The van der Waals surface area contributed by atoms with E-state index in [0.717, 1.165) is 25.7 Å². The van der Waals surface area contributed by atoms with Crippen LogP contribution in [0.1, 0.15) is 39.5 Å². The molecule has 0 aliphatic carbocycles. The first-order valence-corrected chi connectivity index (χ1v) is 7.95. The Morgan fingerprint density at radius 3 is 2.78 bits per heavy atom. The average molecular weight is 291 g/mol. The van der Waals surface area contributed by atoms with E-state index in [-0.39, 0.29) is 16.1 Å². The van der Waals surface area contributed by atoms with Crippen LogP contribution in [0.25, 0.3) is 0 Å². The Bertz CT molecular complexity index is 477. The lowest BCUT2D eigenvalue weighted by Gasteiger charge is -2.14. The van der Waals surface area contributed by atoms with Crippen LogP contribution in [-0.4, -0.2) is 19.4 Å². The van der Waals surface area contributed by atoms with Crippen molar-refractivity contribution in [1.29, 1.82) is 0 Å². The zero-order valence-electron chi connectivity index (χ0n) is 10.7. The molecule has 0 bridgehead atoms. The van der Waals surface area contributed by atoms with Crippen molar-refractivity contribution in [2.24, 2.45) is 0 Å². The van der Waals surface area contributed by atoms with Gasteiger partial charge in [-0.3, -0.25) is 0 Å². The summed E-state index contributed by atoms with van der Waals surface area (Å²) in [5.74, 6) is 0. The number of sulfonamides is 1. The standard InChI is InChI=1S/C12H19ClN2O2S/c1-3-4-5-6-10(2)15-18(16,17)11-7-8-14-12(13)9-11/h7-10,15H,3-6H2,1-2H3. The minimum atomic E-state index is -3.49. The van der Waals surface area contributed by atoms with Crippen molar-refractivity contribution in [3.63, 3.8) is 0 Å².